The maximum absolute atomic E-state index is 12.9. The Morgan fingerprint density at radius 1 is 1.42 bits per heavy atom. The molecule has 3 N–H and O–H groups in total. The van der Waals surface area contributed by atoms with Crippen molar-refractivity contribution in [1.82, 2.24) is 5.32 Å². The zero-order chi connectivity index (χ0) is 13.8. The molecule has 1 aromatic carbocycles. The van der Waals surface area contributed by atoms with Gasteiger partial charge in [-0.3, -0.25) is 4.79 Å². The summed E-state index contributed by atoms with van der Waals surface area (Å²) in [4.78, 5) is 12.2. The Labute approximate surface area is 113 Å². The minimum absolute atomic E-state index is 0.0351. The van der Waals surface area contributed by atoms with Crippen molar-refractivity contribution in [2.45, 2.75) is 32.2 Å². The Balaban J connectivity index is 1.96. The number of nitrogens with one attached hydrogen (secondary N) is 1. The summed E-state index contributed by atoms with van der Waals surface area (Å²) in [6, 6.07) is 6.13. The van der Waals surface area contributed by atoms with Crippen molar-refractivity contribution in [1.29, 1.82) is 0 Å². The number of carbonyl (C=O) groups is 1. The van der Waals surface area contributed by atoms with Gasteiger partial charge in [-0.1, -0.05) is 18.6 Å². The van der Waals surface area contributed by atoms with Gasteiger partial charge in [-0.15, -0.1) is 0 Å². The largest absolute Gasteiger partial charge is 0.349 e. The van der Waals surface area contributed by atoms with E-state index in [9.17, 15) is 9.18 Å². The van der Waals surface area contributed by atoms with E-state index < -0.39 is 0 Å². The number of halogens is 1. The third kappa shape index (κ3) is 3.32. The standard InChI is InChI=1S/C15H21FN2O/c1-10(11-5-7-13(16)8-6-11)18-15(19)14-4-2-3-12(14)9-17/h5-8,10,12,14H,2-4,9,17H2,1H3,(H,18,19)/t10-,12?,14?/m1/s1. The number of benzene rings is 1. The van der Waals surface area contributed by atoms with Gasteiger partial charge in [0.2, 0.25) is 5.91 Å². The van der Waals surface area contributed by atoms with Gasteiger partial charge in [0.05, 0.1) is 6.04 Å². The van der Waals surface area contributed by atoms with Crippen LogP contribution in [0.1, 0.15) is 37.8 Å². The number of nitrogens with two attached hydrogens (primary N) is 1. The summed E-state index contributed by atoms with van der Waals surface area (Å²) in [5, 5.41) is 3.00. The van der Waals surface area contributed by atoms with Crippen LogP contribution in [0.4, 0.5) is 4.39 Å². The highest BCUT2D eigenvalue weighted by Crippen LogP contribution is 2.31. The maximum Gasteiger partial charge on any atom is 0.223 e. The maximum atomic E-state index is 12.9. The van der Waals surface area contributed by atoms with Crippen LogP contribution in [0.25, 0.3) is 0 Å². The van der Waals surface area contributed by atoms with Crippen LogP contribution in [0.15, 0.2) is 24.3 Å². The molecular formula is C15H21FN2O. The minimum atomic E-state index is -0.263. The number of amides is 1. The molecule has 1 saturated carbocycles. The van der Waals surface area contributed by atoms with Crippen LogP contribution in [0.2, 0.25) is 0 Å². The molecule has 0 aromatic heterocycles. The van der Waals surface area contributed by atoms with Crippen molar-refractivity contribution in [3.63, 3.8) is 0 Å². The molecule has 19 heavy (non-hydrogen) atoms. The summed E-state index contributed by atoms with van der Waals surface area (Å²) in [7, 11) is 0. The molecule has 2 unspecified atom stereocenters. The second kappa shape index (κ2) is 6.15. The van der Waals surface area contributed by atoms with E-state index in [0.29, 0.717) is 12.5 Å². The van der Waals surface area contributed by atoms with E-state index in [1.807, 2.05) is 6.92 Å². The van der Waals surface area contributed by atoms with Gasteiger partial charge < -0.3 is 11.1 Å². The van der Waals surface area contributed by atoms with E-state index in [1.165, 1.54) is 12.1 Å². The van der Waals surface area contributed by atoms with Gasteiger partial charge >= 0.3 is 0 Å². The van der Waals surface area contributed by atoms with Crippen molar-refractivity contribution >= 4 is 5.91 Å². The Kier molecular flexibility index (Phi) is 4.53. The van der Waals surface area contributed by atoms with Crippen LogP contribution >= 0.6 is 0 Å². The molecule has 0 saturated heterocycles. The molecule has 0 heterocycles. The lowest BCUT2D eigenvalue weighted by molar-refractivity contribution is -0.126. The Morgan fingerprint density at radius 2 is 2.11 bits per heavy atom. The van der Waals surface area contributed by atoms with Crippen LogP contribution in [-0.4, -0.2) is 12.5 Å². The van der Waals surface area contributed by atoms with E-state index in [-0.39, 0.29) is 23.7 Å². The van der Waals surface area contributed by atoms with Gasteiger partial charge in [-0.05, 0) is 49.9 Å². The first-order valence-corrected chi connectivity index (χ1v) is 6.87. The van der Waals surface area contributed by atoms with Gasteiger partial charge in [0.15, 0.2) is 0 Å². The smallest absolute Gasteiger partial charge is 0.223 e. The van der Waals surface area contributed by atoms with E-state index in [4.69, 9.17) is 5.73 Å². The summed E-state index contributed by atoms with van der Waals surface area (Å²) >= 11 is 0. The number of carbonyl (C=O) groups excluding carboxylic acids is 1. The van der Waals surface area contributed by atoms with Crippen LogP contribution < -0.4 is 11.1 Å². The Hall–Kier alpha value is -1.42. The second-order valence-corrected chi connectivity index (χ2v) is 5.32. The van der Waals surface area contributed by atoms with Gasteiger partial charge in [0, 0.05) is 5.92 Å². The molecule has 1 amide bonds. The van der Waals surface area contributed by atoms with Crippen molar-refractivity contribution in [3.05, 3.63) is 35.6 Å². The molecule has 1 fully saturated rings. The molecule has 104 valence electrons. The molecule has 0 aliphatic heterocycles. The highest BCUT2D eigenvalue weighted by atomic mass is 19.1. The molecule has 4 heteroatoms. The van der Waals surface area contributed by atoms with Crippen molar-refractivity contribution in [2.24, 2.45) is 17.6 Å². The molecule has 2 rings (SSSR count). The quantitative estimate of drug-likeness (QED) is 0.877. The predicted molar refractivity (Wildman–Crippen MR) is 72.8 cm³/mol. The average Bonchev–Trinajstić information content (AvgIpc) is 2.87. The zero-order valence-corrected chi connectivity index (χ0v) is 11.2. The lowest BCUT2D eigenvalue weighted by Gasteiger charge is -2.21. The summed E-state index contributed by atoms with van der Waals surface area (Å²) in [5.41, 5.74) is 6.61. The van der Waals surface area contributed by atoms with E-state index in [0.717, 1.165) is 24.8 Å². The summed E-state index contributed by atoms with van der Waals surface area (Å²) in [5.74, 6) is 0.152. The highest BCUT2D eigenvalue weighted by molar-refractivity contribution is 5.79. The molecule has 1 aliphatic carbocycles. The van der Waals surface area contributed by atoms with Gasteiger partial charge in [0.1, 0.15) is 5.82 Å². The monoisotopic (exact) mass is 264 g/mol. The Morgan fingerprint density at radius 3 is 2.74 bits per heavy atom. The van der Waals surface area contributed by atoms with Crippen LogP contribution in [0, 0.1) is 17.7 Å². The molecule has 3 atom stereocenters. The first-order chi connectivity index (χ1) is 9.11. The van der Waals surface area contributed by atoms with Gasteiger partial charge in [-0.2, -0.15) is 0 Å². The SMILES string of the molecule is C[C@@H](NC(=O)C1CCCC1CN)c1ccc(F)cc1. The highest BCUT2D eigenvalue weighted by Gasteiger charge is 2.32. The third-order valence-electron chi connectivity index (χ3n) is 4.03. The average molecular weight is 264 g/mol. The molecule has 0 spiro atoms. The molecular weight excluding hydrogens is 243 g/mol. The predicted octanol–water partition coefficient (Wildman–Crippen LogP) is 2.38. The fraction of sp³-hybridized carbons (Fsp3) is 0.533. The summed E-state index contributed by atoms with van der Waals surface area (Å²) < 4.78 is 12.9. The fourth-order valence-corrected chi connectivity index (χ4v) is 2.82. The van der Waals surface area contributed by atoms with Crippen molar-refractivity contribution in [2.75, 3.05) is 6.54 Å². The normalized spacial score (nSPS) is 24.2. The molecule has 1 aromatic rings. The number of hydrogen-bond donors (Lipinski definition) is 2. The second-order valence-electron chi connectivity index (χ2n) is 5.32. The topological polar surface area (TPSA) is 55.1 Å². The number of hydrogen-bond acceptors (Lipinski definition) is 2. The molecule has 0 radical (unpaired) electrons. The lowest BCUT2D eigenvalue weighted by atomic mass is 9.94. The summed E-state index contributed by atoms with van der Waals surface area (Å²) in [6.45, 7) is 2.49. The van der Waals surface area contributed by atoms with Gasteiger partial charge in [-0.25, -0.2) is 4.39 Å². The van der Waals surface area contributed by atoms with E-state index in [1.54, 1.807) is 12.1 Å². The third-order valence-corrected chi connectivity index (χ3v) is 4.03. The lowest BCUT2D eigenvalue weighted by Crippen LogP contribution is -2.36. The van der Waals surface area contributed by atoms with Crippen LogP contribution in [0.5, 0.6) is 0 Å². The minimum Gasteiger partial charge on any atom is -0.349 e. The van der Waals surface area contributed by atoms with Crippen LogP contribution in [0.3, 0.4) is 0 Å². The van der Waals surface area contributed by atoms with E-state index in [2.05, 4.69) is 5.32 Å². The fourth-order valence-electron chi connectivity index (χ4n) is 2.82. The van der Waals surface area contributed by atoms with Crippen molar-refractivity contribution < 1.29 is 9.18 Å². The summed E-state index contributed by atoms with van der Waals surface area (Å²) in [6.07, 6.45) is 3.04. The zero-order valence-electron chi connectivity index (χ0n) is 11.2. The number of rotatable bonds is 4. The molecule has 3 nitrogen and oxygen atoms in total. The molecule has 1 aliphatic rings. The first kappa shape index (κ1) is 14.0. The van der Waals surface area contributed by atoms with E-state index >= 15 is 0 Å². The van der Waals surface area contributed by atoms with Gasteiger partial charge in [0.25, 0.3) is 0 Å². The Bertz CT molecular complexity index is 432. The first-order valence-electron chi connectivity index (χ1n) is 6.87. The molecule has 0 bridgehead atoms. The van der Waals surface area contributed by atoms with Crippen molar-refractivity contribution in [3.8, 4) is 0 Å². The van der Waals surface area contributed by atoms with Crippen LogP contribution in [-0.2, 0) is 4.79 Å².